The molecule has 0 amide bonds. The van der Waals surface area contributed by atoms with Crippen molar-refractivity contribution in [1.29, 1.82) is 0 Å². The van der Waals surface area contributed by atoms with E-state index in [4.69, 9.17) is 9.47 Å². The Kier molecular flexibility index (Phi) is 6.63. The molecule has 2 aliphatic heterocycles. The van der Waals surface area contributed by atoms with Crippen LogP contribution in [0.3, 0.4) is 0 Å². The lowest BCUT2D eigenvalue weighted by Gasteiger charge is -2.38. The molecule has 1 aromatic rings. The van der Waals surface area contributed by atoms with Crippen molar-refractivity contribution in [2.24, 2.45) is 4.99 Å². The van der Waals surface area contributed by atoms with Crippen molar-refractivity contribution < 1.29 is 13.9 Å². The minimum Gasteiger partial charge on any atom is -0.377 e. The van der Waals surface area contributed by atoms with Gasteiger partial charge in [-0.05, 0) is 37.5 Å². The second-order valence-corrected chi connectivity index (χ2v) is 6.80. The van der Waals surface area contributed by atoms with E-state index < -0.39 is 0 Å². The number of guanidine groups is 1. The Morgan fingerprint density at radius 2 is 2.12 bits per heavy atom. The molecule has 3 rings (SSSR count). The van der Waals surface area contributed by atoms with Crippen LogP contribution in [0.5, 0.6) is 0 Å². The van der Waals surface area contributed by atoms with Gasteiger partial charge in [0, 0.05) is 20.1 Å². The Hall–Kier alpha value is -1.92. The number of nitrogens with one attached hydrogen (secondary N) is 1. The summed E-state index contributed by atoms with van der Waals surface area (Å²) in [6, 6.07) is 6.56. The molecule has 2 unspecified atom stereocenters. The fourth-order valence-electron chi connectivity index (χ4n) is 3.45. The number of benzene rings is 1. The first-order chi connectivity index (χ1) is 12.7. The summed E-state index contributed by atoms with van der Waals surface area (Å²) in [4.78, 5) is 6.67. The second-order valence-electron chi connectivity index (χ2n) is 6.80. The van der Waals surface area contributed by atoms with Crippen LogP contribution in [-0.2, 0) is 9.47 Å². The molecule has 1 N–H and O–H groups in total. The van der Waals surface area contributed by atoms with Crippen molar-refractivity contribution in [3.8, 4) is 0 Å². The molecule has 0 radical (unpaired) electrons. The molecule has 0 saturated carbocycles. The monoisotopic (exact) mass is 361 g/mol. The number of nitrogens with zero attached hydrogens (tertiary/aromatic N) is 2. The number of ether oxygens (including phenoxy) is 2. The fourth-order valence-corrected chi connectivity index (χ4v) is 3.45. The minimum atomic E-state index is -0.227. The zero-order valence-corrected chi connectivity index (χ0v) is 15.6. The average Bonchev–Trinajstić information content (AvgIpc) is 2.66. The largest absolute Gasteiger partial charge is 0.377 e. The van der Waals surface area contributed by atoms with Crippen molar-refractivity contribution in [2.75, 3.05) is 39.9 Å². The zero-order chi connectivity index (χ0) is 18.4. The first-order valence-electron chi connectivity index (χ1n) is 9.28. The van der Waals surface area contributed by atoms with Crippen LogP contribution in [0.1, 0.15) is 31.4 Å². The number of aliphatic imine (C=N–C) groups is 1. The van der Waals surface area contributed by atoms with Gasteiger partial charge >= 0.3 is 0 Å². The molecule has 2 heterocycles. The maximum atomic E-state index is 13.2. The van der Waals surface area contributed by atoms with E-state index in [9.17, 15) is 4.39 Å². The van der Waals surface area contributed by atoms with E-state index in [-0.39, 0.29) is 18.0 Å². The molecule has 0 bridgehead atoms. The van der Waals surface area contributed by atoms with Crippen LogP contribution in [0.2, 0.25) is 0 Å². The Labute approximate surface area is 154 Å². The maximum Gasteiger partial charge on any atom is 0.193 e. The molecule has 2 aliphatic rings. The molecule has 142 valence electrons. The van der Waals surface area contributed by atoms with Crippen molar-refractivity contribution >= 4 is 5.96 Å². The summed E-state index contributed by atoms with van der Waals surface area (Å²) in [7, 11) is 1.81. The molecule has 1 fully saturated rings. The van der Waals surface area contributed by atoms with Crippen molar-refractivity contribution in [2.45, 2.75) is 32.0 Å². The predicted octanol–water partition coefficient (Wildman–Crippen LogP) is 2.90. The van der Waals surface area contributed by atoms with Gasteiger partial charge in [-0.3, -0.25) is 4.99 Å². The molecule has 0 aromatic heterocycles. The second kappa shape index (κ2) is 9.14. The van der Waals surface area contributed by atoms with Crippen LogP contribution in [0.4, 0.5) is 4.39 Å². The summed E-state index contributed by atoms with van der Waals surface area (Å²) in [5.74, 6) is 0.661. The highest BCUT2D eigenvalue weighted by atomic mass is 19.1. The van der Waals surface area contributed by atoms with E-state index >= 15 is 0 Å². The molecule has 0 aliphatic carbocycles. The fraction of sp³-hybridized carbons (Fsp3) is 0.550. The van der Waals surface area contributed by atoms with Gasteiger partial charge in [-0.15, -0.1) is 0 Å². The average molecular weight is 361 g/mol. The summed E-state index contributed by atoms with van der Waals surface area (Å²) in [5.41, 5.74) is 2.43. The number of rotatable bonds is 4. The third-order valence-electron chi connectivity index (χ3n) is 4.80. The van der Waals surface area contributed by atoms with Crippen LogP contribution in [0.25, 0.3) is 0 Å². The Bertz CT molecular complexity index is 645. The van der Waals surface area contributed by atoms with Gasteiger partial charge in [-0.2, -0.15) is 0 Å². The lowest BCUT2D eigenvalue weighted by Crippen LogP contribution is -2.50. The Balaban J connectivity index is 1.58. The van der Waals surface area contributed by atoms with Gasteiger partial charge in [0.1, 0.15) is 11.9 Å². The SMILES string of the molecule is CN=C(NCCC1=CCOCC1)N1CC(C)OC(c2ccc(F)cc2)C1. The molecule has 26 heavy (non-hydrogen) atoms. The number of morpholine rings is 1. The highest BCUT2D eigenvalue weighted by Crippen LogP contribution is 2.25. The molecule has 1 saturated heterocycles. The lowest BCUT2D eigenvalue weighted by atomic mass is 10.1. The highest BCUT2D eigenvalue weighted by molar-refractivity contribution is 5.80. The lowest BCUT2D eigenvalue weighted by molar-refractivity contribution is -0.0604. The Morgan fingerprint density at radius 1 is 1.31 bits per heavy atom. The summed E-state index contributed by atoms with van der Waals surface area (Å²) in [5, 5.41) is 3.47. The van der Waals surface area contributed by atoms with Crippen LogP contribution in [0.15, 0.2) is 40.9 Å². The van der Waals surface area contributed by atoms with Gasteiger partial charge in [0.05, 0.1) is 25.9 Å². The van der Waals surface area contributed by atoms with Crippen molar-refractivity contribution in [3.63, 3.8) is 0 Å². The quantitative estimate of drug-likeness (QED) is 0.509. The van der Waals surface area contributed by atoms with Gasteiger partial charge in [-0.1, -0.05) is 23.8 Å². The van der Waals surface area contributed by atoms with Gasteiger partial charge in [0.15, 0.2) is 5.96 Å². The standard InChI is InChI=1S/C20H28FN3O2/c1-15-13-24(14-19(26-15)17-3-5-18(21)6-4-17)20(22-2)23-10-7-16-8-11-25-12-9-16/h3-6,8,15,19H,7,9-14H2,1-2H3,(H,22,23). The van der Waals surface area contributed by atoms with Gasteiger partial charge in [0.2, 0.25) is 0 Å². The van der Waals surface area contributed by atoms with E-state index in [0.717, 1.165) is 50.7 Å². The van der Waals surface area contributed by atoms with Gasteiger partial charge in [0.25, 0.3) is 0 Å². The normalized spacial score (nSPS) is 24.3. The van der Waals surface area contributed by atoms with E-state index in [1.54, 1.807) is 12.1 Å². The smallest absolute Gasteiger partial charge is 0.193 e. The third-order valence-corrected chi connectivity index (χ3v) is 4.80. The molecule has 5 nitrogen and oxygen atoms in total. The third kappa shape index (κ3) is 5.05. The predicted molar refractivity (Wildman–Crippen MR) is 101 cm³/mol. The highest BCUT2D eigenvalue weighted by Gasteiger charge is 2.28. The molecule has 0 spiro atoms. The number of hydrogen-bond donors (Lipinski definition) is 1. The molecule has 6 heteroatoms. The van der Waals surface area contributed by atoms with Gasteiger partial charge in [-0.25, -0.2) is 4.39 Å². The van der Waals surface area contributed by atoms with E-state index in [1.165, 1.54) is 17.7 Å². The van der Waals surface area contributed by atoms with E-state index in [0.29, 0.717) is 6.54 Å². The Morgan fingerprint density at radius 3 is 2.81 bits per heavy atom. The topological polar surface area (TPSA) is 46.1 Å². The molecular formula is C20H28FN3O2. The first-order valence-corrected chi connectivity index (χ1v) is 9.28. The minimum absolute atomic E-state index is 0.0792. The number of hydrogen-bond acceptors (Lipinski definition) is 3. The van der Waals surface area contributed by atoms with Crippen LogP contribution >= 0.6 is 0 Å². The molecular weight excluding hydrogens is 333 g/mol. The van der Waals surface area contributed by atoms with Crippen molar-refractivity contribution in [1.82, 2.24) is 10.2 Å². The summed E-state index contributed by atoms with van der Waals surface area (Å²) in [6.07, 6.45) is 4.19. The summed E-state index contributed by atoms with van der Waals surface area (Å²) in [6.45, 7) is 5.94. The summed E-state index contributed by atoms with van der Waals surface area (Å²) < 4.78 is 24.6. The zero-order valence-electron chi connectivity index (χ0n) is 15.6. The number of halogens is 1. The first kappa shape index (κ1) is 18.9. The van der Waals surface area contributed by atoms with Crippen LogP contribution in [0, 0.1) is 5.82 Å². The van der Waals surface area contributed by atoms with Crippen molar-refractivity contribution in [3.05, 3.63) is 47.3 Å². The molecule has 1 aromatic carbocycles. The van der Waals surface area contributed by atoms with Crippen LogP contribution < -0.4 is 5.32 Å². The van der Waals surface area contributed by atoms with Gasteiger partial charge < -0.3 is 19.7 Å². The van der Waals surface area contributed by atoms with Crippen LogP contribution in [-0.4, -0.2) is 56.9 Å². The molecule has 2 atom stereocenters. The summed E-state index contributed by atoms with van der Waals surface area (Å²) >= 11 is 0. The maximum absolute atomic E-state index is 13.2. The van der Waals surface area contributed by atoms with E-state index in [2.05, 4.69) is 28.2 Å². The van der Waals surface area contributed by atoms with E-state index in [1.807, 2.05) is 7.05 Å².